The minimum absolute atomic E-state index is 0.0619. The molecule has 1 aromatic rings. The van der Waals surface area contributed by atoms with E-state index in [1.165, 1.54) is 0 Å². The Bertz CT molecular complexity index is 489. The summed E-state index contributed by atoms with van der Waals surface area (Å²) in [5.74, 6) is -0.939. The molecule has 0 aromatic heterocycles. The molecule has 0 aliphatic rings. The number of carbonyl (C=O) groups excluding carboxylic acids is 1. The zero-order chi connectivity index (χ0) is 14.4. The summed E-state index contributed by atoms with van der Waals surface area (Å²) >= 11 is 3.40. The first-order valence-corrected chi connectivity index (χ1v) is 6.83. The van der Waals surface area contributed by atoms with Gasteiger partial charge in [0.1, 0.15) is 0 Å². The van der Waals surface area contributed by atoms with Crippen LogP contribution in [0.3, 0.4) is 0 Å². The van der Waals surface area contributed by atoms with Gasteiger partial charge in [0.15, 0.2) is 5.84 Å². The Morgan fingerprint density at radius 1 is 1.58 bits per heavy atom. The fourth-order valence-electron chi connectivity index (χ4n) is 1.72. The summed E-state index contributed by atoms with van der Waals surface area (Å²) in [6.07, 6.45) is 1.31. The average Bonchev–Trinajstić information content (AvgIpc) is 2.39. The Labute approximate surface area is 121 Å². The van der Waals surface area contributed by atoms with Crippen molar-refractivity contribution in [2.24, 2.45) is 16.8 Å². The molecule has 104 valence electrons. The molecule has 1 aromatic carbocycles. The van der Waals surface area contributed by atoms with Crippen LogP contribution in [-0.2, 0) is 4.79 Å². The molecule has 1 atom stereocenters. The fourth-order valence-corrected chi connectivity index (χ4v) is 1.97. The molecule has 0 spiro atoms. The molecule has 1 unspecified atom stereocenters. The molecule has 0 radical (unpaired) electrons. The summed E-state index contributed by atoms with van der Waals surface area (Å²) in [6, 6.07) is 5.52. The number of carbonyl (C=O) groups is 1. The van der Waals surface area contributed by atoms with E-state index in [-0.39, 0.29) is 11.7 Å². The van der Waals surface area contributed by atoms with E-state index in [4.69, 9.17) is 10.9 Å². The summed E-state index contributed by atoms with van der Waals surface area (Å²) in [7, 11) is 0. The molecule has 4 N–H and O–H groups in total. The van der Waals surface area contributed by atoms with E-state index in [0.717, 1.165) is 16.5 Å². The molecule has 0 aliphatic heterocycles. The van der Waals surface area contributed by atoms with Crippen LogP contribution in [-0.4, -0.2) is 17.0 Å². The molecule has 0 fully saturated rings. The fraction of sp³-hybridized carbons (Fsp3) is 0.385. The number of anilines is 1. The molecular weight excluding hydrogens is 310 g/mol. The number of amides is 1. The standard InChI is InChI=1S/C13H18BrN3O2/c1-3-4-10(12(15)17-19)13(18)16-9-5-6-11(14)8(2)7-9/h5-7,10,19H,3-4H2,1-2H3,(H2,15,17)(H,16,18). The highest BCUT2D eigenvalue weighted by Gasteiger charge is 2.22. The van der Waals surface area contributed by atoms with Crippen LogP contribution >= 0.6 is 15.9 Å². The van der Waals surface area contributed by atoms with Crippen molar-refractivity contribution in [3.63, 3.8) is 0 Å². The second kappa shape index (κ2) is 7.13. The monoisotopic (exact) mass is 327 g/mol. The van der Waals surface area contributed by atoms with Crippen LogP contribution in [0.2, 0.25) is 0 Å². The maximum atomic E-state index is 12.1. The van der Waals surface area contributed by atoms with Crippen molar-refractivity contribution in [3.8, 4) is 0 Å². The smallest absolute Gasteiger partial charge is 0.235 e. The van der Waals surface area contributed by atoms with Gasteiger partial charge >= 0.3 is 0 Å². The number of nitrogens with one attached hydrogen (secondary N) is 1. The van der Waals surface area contributed by atoms with Crippen molar-refractivity contribution in [1.29, 1.82) is 0 Å². The van der Waals surface area contributed by atoms with Crippen molar-refractivity contribution in [1.82, 2.24) is 0 Å². The number of hydrogen-bond donors (Lipinski definition) is 3. The van der Waals surface area contributed by atoms with Crippen molar-refractivity contribution in [2.45, 2.75) is 26.7 Å². The SMILES string of the molecule is CCCC(C(=O)Nc1ccc(Br)c(C)c1)C(N)=NO. The number of aryl methyl sites for hydroxylation is 1. The summed E-state index contributed by atoms with van der Waals surface area (Å²) in [5.41, 5.74) is 7.26. The average molecular weight is 328 g/mol. The van der Waals surface area contributed by atoms with Gasteiger partial charge in [-0.25, -0.2) is 0 Å². The van der Waals surface area contributed by atoms with Gasteiger partial charge in [0.25, 0.3) is 0 Å². The molecule has 1 amide bonds. The quantitative estimate of drug-likeness (QED) is 0.336. The van der Waals surface area contributed by atoms with Crippen LogP contribution < -0.4 is 11.1 Å². The van der Waals surface area contributed by atoms with Crippen molar-refractivity contribution in [3.05, 3.63) is 28.2 Å². The normalized spacial score (nSPS) is 13.1. The number of amidine groups is 1. The van der Waals surface area contributed by atoms with Gasteiger partial charge < -0.3 is 16.3 Å². The number of nitrogens with zero attached hydrogens (tertiary/aromatic N) is 1. The maximum absolute atomic E-state index is 12.1. The highest BCUT2D eigenvalue weighted by atomic mass is 79.9. The molecule has 0 heterocycles. The number of oxime groups is 1. The zero-order valence-electron chi connectivity index (χ0n) is 11.0. The highest BCUT2D eigenvalue weighted by molar-refractivity contribution is 9.10. The molecule has 5 nitrogen and oxygen atoms in total. The lowest BCUT2D eigenvalue weighted by atomic mass is 10.0. The first kappa shape index (κ1) is 15.5. The van der Waals surface area contributed by atoms with E-state index < -0.39 is 5.92 Å². The molecular formula is C13H18BrN3O2. The number of nitrogens with two attached hydrogens (primary N) is 1. The van der Waals surface area contributed by atoms with Crippen LogP contribution in [0.15, 0.2) is 27.8 Å². The van der Waals surface area contributed by atoms with Crippen LogP contribution in [0.25, 0.3) is 0 Å². The van der Waals surface area contributed by atoms with Gasteiger partial charge in [-0.2, -0.15) is 0 Å². The number of benzene rings is 1. The van der Waals surface area contributed by atoms with Crippen molar-refractivity contribution >= 4 is 33.4 Å². The third-order valence-electron chi connectivity index (χ3n) is 2.79. The van der Waals surface area contributed by atoms with Gasteiger partial charge in [-0.1, -0.05) is 34.4 Å². The van der Waals surface area contributed by atoms with Gasteiger partial charge in [0.2, 0.25) is 5.91 Å². The molecule has 0 saturated heterocycles. The lowest BCUT2D eigenvalue weighted by Gasteiger charge is -2.15. The van der Waals surface area contributed by atoms with E-state index in [1.54, 1.807) is 6.07 Å². The van der Waals surface area contributed by atoms with Crippen molar-refractivity contribution in [2.75, 3.05) is 5.32 Å². The summed E-state index contributed by atoms with van der Waals surface area (Å²) in [4.78, 5) is 12.1. The number of rotatable bonds is 5. The van der Waals surface area contributed by atoms with Crippen molar-refractivity contribution < 1.29 is 10.0 Å². The second-order valence-corrected chi connectivity index (χ2v) is 5.17. The Hall–Kier alpha value is -1.56. The van der Waals surface area contributed by atoms with E-state index in [2.05, 4.69) is 26.4 Å². The minimum Gasteiger partial charge on any atom is -0.409 e. The molecule has 19 heavy (non-hydrogen) atoms. The van der Waals surface area contributed by atoms with Gasteiger partial charge in [-0.3, -0.25) is 4.79 Å². The molecule has 0 aliphatic carbocycles. The van der Waals surface area contributed by atoms with E-state index in [1.807, 2.05) is 26.0 Å². The third kappa shape index (κ3) is 4.24. The predicted molar refractivity (Wildman–Crippen MR) is 79.3 cm³/mol. The lowest BCUT2D eigenvalue weighted by molar-refractivity contribution is -0.118. The number of halogens is 1. The molecule has 6 heteroatoms. The van der Waals surface area contributed by atoms with Gasteiger partial charge in [0.05, 0.1) is 5.92 Å². The lowest BCUT2D eigenvalue weighted by Crippen LogP contribution is -2.34. The Balaban J connectivity index is 2.84. The van der Waals surface area contributed by atoms with Crippen LogP contribution in [0.1, 0.15) is 25.3 Å². The van der Waals surface area contributed by atoms with Crippen LogP contribution in [0, 0.1) is 12.8 Å². The van der Waals surface area contributed by atoms with Crippen LogP contribution in [0.4, 0.5) is 5.69 Å². The first-order valence-electron chi connectivity index (χ1n) is 6.04. The van der Waals surface area contributed by atoms with Gasteiger partial charge in [-0.05, 0) is 37.1 Å². The highest BCUT2D eigenvalue weighted by Crippen LogP contribution is 2.21. The topological polar surface area (TPSA) is 87.7 Å². The largest absolute Gasteiger partial charge is 0.409 e. The van der Waals surface area contributed by atoms with E-state index in [0.29, 0.717) is 12.1 Å². The first-order chi connectivity index (χ1) is 8.99. The third-order valence-corrected chi connectivity index (χ3v) is 3.68. The van der Waals surface area contributed by atoms with E-state index in [9.17, 15) is 4.79 Å². The van der Waals surface area contributed by atoms with Gasteiger partial charge in [-0.15, -0.1) is 0 Å². The Morgan fingerprint density at radius 2 is 2.26 bits per heavy atom. The van der Waals surface area contributed by atoms with Gasteiger partial charge in [0, 0.05) is 10.2 Å². The van der Waals surface area contributed by atoms with E-state index >= 15 is 0 Å². The summed E-state index contributed by atoms with van der Waals surface area (Å²) in [6.45, 7) is 3.88. The second-order valence-electron chi connectivity index (χ2n) is 4.32. The predicted octanol–water partition coefficient (Wildman–Crippen LogP) is 2.86. The molecule has 0 saturated carbocycles. The minimum atomic E-state index is -0.612. The molecule has 1 rings (SSSR count). The Kier molecular flexibility index (Phi) is 5.82. The zero-order valence-corrected chi connectivity index (χ0v) is 12.6. The maximum Gasteiger partial charge on any atom is 0.235 e. The summed E-state index contributed by atoms with van der Waals surface area (Å²) < 4.78 is 0.979. The number of hydrogen-bond acceptors (Lipinski definition) is 3. The Morgan fingerprint density at radius 3 is 2.79 bits per heavy atom. The summed E-state index contributed by atoms with van der Waals surface area (Å²) in [5, 5.41) is 14.4. The van der Waals surface area contributed by atoms with Crippen LogP contribution in [0.5, 0.6) is 0 Å². The molecule has 0 bridgehead atoms.